The van der Waals surface area contributed by atoms with Gasteiger partial charge in [-0.1, -0.05) is 41.6 Å². The number of aliphatic hydroxyl groups is 1. The highest BCUT2D eigenvalue weighted by atomic mass is 16.5. The number of ether oxygens (including phenoxy) is 2. The summed E-state index contributed by atoms with van der Waals surface area (Å²) in [6.45, 7) is 9.55. The number of nitrogens with zero attached hydrogens (tertiary/aromatic N) is 3. The first-order valence-electron chi connectivity index (χ1n) is 11.2. The van der Waals surface area contributed by atoms with Gasteiger partial charge in [-0.2, -0.15) is 0 Å². The smallest absolute Gasteiger partial charge is 0.232 e. The van der Waals surface area contributed by atoms with Gasteiger partial charge in [0.05, 0.1) is 38.1 Å². The minimum Gasteiger partial charge on any atom is -0.389 e. The van der Waals surface area contributed by atoms with E-state index in [0.717, 1.165) is 42.3 Å². The van der Waals surface area contributed by atoms with Crippen LogP contribution in [0.5, 0.6) is 0 Å². The predicted molar refractivity (Wildman–Crippen MR) is 120 cm³/mol. The van der Waals surface area contributed by atoms with Gasteiger partial charge >= 0.3 is 0 Å². The van der Waals surface area contributed by atoms with E-state index in [1.54, 1.807) is 6.08 Å². The van der Waals surface area contributed by atoms with Gasteiger partial charge in [0.2, 0.25) is 5.88 Å². The van der Waals surface area contributed by atoms with E-state index in [1.165, 1.54) is 12.8 Å². The van der Waals surface area contributed by atoms with Crippen molar-refractivity contribution in [2.24, 2.45) is 5.92 Å². The molecule has 2 aliphatic rings. The van der Waals surface area contributed by atoms with Crippen LogP contribution in [0.25, 0.3) is 11.3 Å². The summed E-state index contributed by atoms with van der Waals surface area (Å²) in [6.07, 6.45) is 3.66. The Labute approximate surface area is 184 Å². The molecule has 2 fully saturated rings. The first-order chi connectivity index (χ1) is 15.2. The quantitative estimate of drug-likeness (QED) is 0.412. The highest BCUT2D eigenvalue weighted by Gasteiger charge is 2.29. The molecule has 1 aromatic heterocycles. The zero-order chi connectivity index (χ0) is 21.5. The lowest BCUT2D eigenvalue weighted by Gasteiger charge is -2.29. The molecular formula is C24H33N3O4. The predicted octanol–water partition coefficient (Wildman–Crippen LogP) is 2.95. The van der Waals surface area contributed by atoms with Crippen molar-refractivity contribution in [3.05, 3.63) is 48.6 Å². The Morgan fingerprint density at radius 1 is 1.26 bits per heavy atom. The fraction of sp³-hybridized carbons (Fsp3) is 0.542. The highest BCUT2D eigenvalue weighted by Crippen LogP contribution is 2.35. The first kappa shape index (κ1) is 22.0. The number of hydrogen-bond acceptors (Lipinski definition) is 7. The van der Waals surface area contributed by atoms with Crippen LogP contribution in [0.1, 0.15) is 18.4 Å². The SMILES string of the molecule is C=CCOCC(O)CN(Cc1c(-c2ccccc2)noc1N1CCOCC1)CC1CC1. The lowest BCUT2D eigenvalue weighted by molar-refractivity contribution is 0.0236. The molecule has 0 radical (unpaired) electrons. The molecule has 1 N–H and O–H groups in total. The normalized spacial score (nSPS) is 17.8. The maximum Gasteiger partial charge on any atom is 0.232 e. The molecule has 2 aromatic rings. The standard InChI is InChI=1S/C24H33N3O4/c1-2-12-30-18-21(28)16-26(15-19-8-9-19)17-22-23(20-6-4-3-5-7-20)25-31-24(22)27-10-13-29-14-11-27/h2-7,19,21,28H,1,8-18H2. The van der Waals surface area contributed by atoms with Crippen LogP contribution < -0.4 is 4.90 Å². The van der Waals surface area contributed by atoms with E-state index in [2.05, 4.69) is 33.7 Å². The van der Waals surface area contributed by atoms with Gasteiger partial charge in [0, 0.05) is 38.3 Å². The van der Waals surface area contributed by atoms with Gasteiger partial charge < -0.3 is 24.0 Å². The third-order valence-electron chi connectivity index (χ3n) is 5.72. The molecule has 1 aliphatic heterocycles. The Bertz CT molecular complexity index is 815. The fourth-order valence-corrected chi connectivity index (χ4v) is 4.01. The van der Waals surface area contributed by atoms with Crippen LogP contribution in [0.15, 0.2) is 47.5 Å². The summed E-state index contributed by atoms with van der Waals surface area (Å²) in [5.41, 5.74) is 3.00. The van der Waals surface area contributed by atoms with E-state index >= 15 is 0 Å². The summed E-state index contributed by atoms with van der Waals surface area (Å²) in [6, 6.07) is 10.2. The monoisotopic (exact) mass is 427 g/mol. The Hall–Kier alpha value is -2.19. The van der Waals surface area contributed by atoms with Crippen molar-refractivity contribution >= 4 is 5.88 Å². The van der Waals surface area contributed by atoms with E-state index in [0.29, 0.717) is 45.4 Å². The van der Waals surface area contributed by atoms with E-state index in [-0.39, 0.29) is 0 Å². The highest BCUT2D eigenvalue weighted by molar-refractivity contribution is 5.68. The van der Waals surface area contributed by atoms with Gasteiger partial charge in [-0.3, -0.25) is 4.90 Å². The fourth-order valence-electron chi connectivity index (χ4n) is 4.01. The van der Waals surface area contributed by atoms with Crippen molar-refractivity contribution < 1.29 is 19.1 Å². The maximum atomic E-state index is 10.5. The van der Waals surface area contributed by atoms with Gasteiger partial charge in [-0.05, 0) is 18.8 Å². The molecule has 1 unspecified atom stereocenters. The Balaban J connectivity index is 1.56. The van der Waals surface area contributed by atoms with E-state index in [9.17, 15) is 5.11 Å². The Kier molecular flexibility index (Phi) is 7.75. The van der Waals surface area contributed by atoms with Crippen LogP contribution in [-0.4, -0.2) is 73.9 Å². The summed E-state index contributed by atoms with van der Waals surface area (Å²) in [5, 5.41) is 15.0. The van der Waals surface area contributed by atoms with Gasteiger partial charge in [0.25, 0.3) is 0 Å². The van der Waals surface area contributed by atoms with Crippen LogP contribution in [0.2, 0.25) is 0 Å². The third kappa shape index (κ3) is 6.17. The number of hydrogen-bond donors (Lipinski definition) is 1. The molecule has 0 bridgehead atoms. The van der Waals surface area contributed by atoms with Crippen LogP contribution in [0.3, 0.4) is 0 Å². The van der Waals surface area contributed by atoms with Crippen molar-refractivity contribution in [3.8, 4) is 11.3 Å². The molecule has 1 saturated heterocycles. The second-order valence-corrected chi connectivity index (χ2v) is 8.40. The second-order valence-electron chi connectivity index (χ2n) is 8.40. The molecule has 31 heavy (non-hydrogen) atoms. The van der Waals surface area contributed by atoms with Gasteiger partial charge in [0.1, 0.15) is 5.69 Å². The van der Waals surface area contributed by atoms with Gasteiger partial charge in [-0.25, -0.2) is 0 Å². The molecule has 0 spiro atoms. The van der Waals surface area contributed by atoms with E-state index in [4.69, 9.17) is 14.0 Å². The topological polar surface area (TPSA) is 71.2 Å². The molecule has 1 aliphatic carbocycles. The summed E-state index contributed by atoms with van der Waals surface area (Å²) < 4.78 is 16.9. The van der Waals surface area contributed by atoms with Crippen LogP contribution in [0, 0.1) is 5.92 Å². The number of aliphatic hydroxyl groups excluding tert-OH is 1. The zero-order valence-corrected chi connectivity index (χ0v) is 18.1. The molecule has 4 rings (SSSR count). The number of rotatable bonds is 12. The van der Waals surface area contributed by atoms with Crippen molar-refractivity contribution in [2.75, 3.05) is 57.5 Å². The lowest BCUT2D eigenvalue weighted by Crippen LogP contribution is -2.38. The van der Waals surface area contributed by atoms with E-state index in [1.807, 2.05) is 18.2 Å². The van der Waals surface area contributed by atoms with Gasteiger partial charge in [0.15, 0.2) is 0 Å². The maximum absolute atomic E-state index is 10.5. The minimum absolute atomic E-state index is 0.304. The average molecular weight is 428 g/mol. The Morgan fingerprint density at radius 2 is 2.03 bits per heavy atom. The molecule has 1 saturated carbocycles. The lowest BCUT2D eigenvalue weighted by atomic mass is 10.1. The van der Waals surface area contributed by atoms with Crippen LogP contribution >= 0.6 is 0 Å². The zero-order valence-electron chi connectivity index (χ0n) is 18.1. The van der Waals surface area contributed by atoms with E-state index < -0.39 is 6.10 Å². The molecule has 2 heterocycles. The third-order valence-corrected chi connectivity index (χ3v) is 5.72. The minimum atomic E-state index is -0.550. The summed E-state index contributed by atoms with van der Waals surface area (Å²) in [4.78, 5) is 4.54. The number of aromatic nitrogens is 1. The number of anilines is 1. The average Bonchev–Trinajstić information content (AvgIpc) is 3.52. The van der Waals surface area contributed by atoms with Crippen molar-refractivity contribution in [3.63, 3.8) is 0 Å². The van der Waals surface area contributed by atoms with Crippen LogP contribution in [-0.2, 0) is 16.0 Å². The number of morpholine rings is 1. The molecule has 168 valence electrons. The molecule has 0 amide bonds. The van der Waals surface area contributed by atoms with Gasteiger partial charge in [-0.15, -0.1) is 6.58 Å². The molecular weight excluding hydrogens is 394 g/mol. The largest absolute Gasteiger partial charge is 0.389 e. The van der Waals surface area contributed by atoms with Crippen molar-refractivity contribution in [1.29, 1.82) is 0 Å². The van der Waals surface area contributed by atoms with Crippen molar-refractivity contribution in [1.82, 2.24) is 10.1 Å². The summed E-state index contributed by atoms with van der Waals surface area (Å²) in [7, 11) is 0. The number of benzene rings is 1. The Morgan fingerprint density at radius 3 is 2.74 bits per heavy atom. The molecule has 1 aromatic carbocycles. The molecule has 1 atom stereocenters. The van der Waals surface area contributed by atoms with Crippen LogP contribution in [0.4, 0.5) is 5.88 Å². The summed E-state index contributed by atoms with van der Waals surface area (Å²) in [5.74, 6) is 1.52. The van der Waals surface area contributed by atoms with Crippen molar-refractivity contribution in [2.45, 2.75) is 25.5 Å². The molecule has 7 nitrogen and oxygen atoms in total. The second kappa shape index (κ2) is 10.9. The molecule has 7 heteroatoms. The first-order valence-corrected chi connectivity index (χ1v) is 11.2. The summed E-state index contributed by atoms with van der Waals surface area (Å²) >= 11 is 0.